The number of carbonyl (C=O) groups is 2. The molecule has 0 spiro atoms. The quantitative estimate of drug-likeness (QED) is 0.724. The van der Waals surface area contributed by atoms with Crippen LogP contribution in [0.25, 0.3) is 0 Å². The van der Waals surface area contributed by atoms with Crippen LogP contribution < -0.4 is 20.1 Å². The number of hydrogen-bond acceptors (Lipinski definition) is 5. The zero-order valence-electron chi connectivity index (χ0n) is 16.2. The maximum atomic E-state index is 12.7. The molecule has 146 valence electrons. The molecule has 7 heteroatoms. The molecule has 0 radical (unpaired) electrons. The summed E-state index contributed by atoms with van der Waals surface area (Å²) < 4.78 is 10.4. The molecule has 0 saturated heterocycles. The van der Waals surface area contributed by atoms with Crippen LogP contribution in [0.4, 0.5) is 0 Å². The monoisotopic (exact) mass is 390 g/mol. The summed E-state index contributed by atoms with van der Waals surface area (Å²) in [4.78, 5) is 26.5. The number of hydrogen-bond donors (Lipinski definition) is 2. The van der Waals surface area contributed by atoms with E-state index >= 15 is 0 Å². The molecule has 2 atom stereocenters. The maximum absolute atomic E-state index is 12.7. The molecule has 0 saturated carbocycles. The van der Waals surface area contributed by atoms with Gasteiger partial charge in [0.15, 0.2) is 0 Å². The average Bonchev–Trinajstić information content (AvgIpc) is 3.19. The van der Waals surface area contributed by atoms with Crippen molar-refractivity contribution >= 4 is 23.2 Å². The first-order chi connectivity index (χ1) is 12.8. The van der Waals surface area contributed by atoms with Gasteiger partial charge in [0.1, 0.15) is 17.5 Å². The summed E-state index contributed by atoms with van der Waals surface area (Å²) in [7, 11) is 3.04. The Balaban J connectivity index is 2.13. The Labute approximate surface area is 163 Å². The number of amides is 2. The number of carbonyl (C=O) groups excluding carboxylic acids is 2. The largest absolute Gasteiger partial charge is 0.497 e. The van der Waals surface area contributed by atoms with Gasteiger partial charge >= 0.3 is 0 Å². The lowest BCUT2D eigenvalue weighted by Crippen LogP contribution is -2.50. The smallest absolute Gasteiger partial charge is 0.252 e. The van der Waals surface area contributed by atoms with E-state index in [1.165, 1.54) is 14.2 Å². The highest BCUT2D eigenvalue weighted by Crippen LogP contribution is 2.23. The third kappa shape index (κ3) is 5.47. The summed E-state index contributed by atoms with van der Waals surface area (Å²) >= 11 is 1.58. The van der Waals surface area contributed by atoms with Crippen LogP contribution in [0.5, 0.6) is 11.5 Å². The van der Waals surface area contributed by atoms with Crippen LogP contribution in [0.2, 0.25) is 0 Å². The molecular formula is C20H26N2O4S. The summed E-state index contributed by atoms with van der Waals surface area (Å²) in [5, 5.41) is 7.77. The lowest BCUT2D eigenvalue weighted by atomic mass is 10.0. The number of nitrogens with one attached hydrogen (secondary N) is 2. The van der Waals surface area contributed by atoms with Gasteiger partial charge in [-0.05, 0) is 36.4 Å². The molecule has 2 amide bonds. The summed E-state index contributed by atoms with van der Waals surface area (Å²) in [5.41, 5.74) is 0.371. The molecule has 2 unspecified atom stereocenters. The molecule has 2 rings (SSSR count). The van der Waals surface area contributed by atoms with Gasteiger partial charge in [0.05, 0.1) is 20.3 Å². The van der Waals surface area contributed by atoms with Crippen LogP contribution in [0.1, 0.15) is 42.0 Å². The van der Waals surface area contributed by atoms with Crippen molar-refractivity contribution in [1.82, 2.24) is 10.6 Å². The van der Waals surface area contributed by atoms with Crippen LogP contribution >= 0.6 is 11.3 Å². The van der Waals surface area contributed by atoms with Gasteiger partial charge < -0.3 is 20.1 Å². The Bertz CT molecular complexity index is 752. The van der Waals surface area contributed by atoms with E-state index in [9.17, 15) is 9.59 Å². The lowest BCUT2D eigenvalue weighted by Gasteiger charge is -2.24. The summed E-state index contributed by atoms with van der Waals surface area (Å²) in [5.74, 6) is 0.378. The Morgan fingerprint density at radius 3 is 2.11 bits per heavy atom. The van der Waals surface area contributed by atoms with E-state index in [0.29, 0.717) is 17.1 Å². The molecule has 2 aromatic rings. The highest BCUT2D eigenvalue weighted by atomic mass is 32.1. The van der Waals surface area contributed by atoms with Gasteiger partial charge in [-0.3, -0.25) is 9.59 Å². The first-order valence-corrected chi connectivity index (χ1v) is 9.61. The van der Waals surface area contributed by atoms with Gasteiger partial charge in [-0.25, -0.2) is 0 Å². The fourth-order valence-corrected chi connectivity index (χ4v) is 3.34. The van der Waals surface area contributed by atoms with Crippen molar-refractivity contribution in [1.29, 1.82) is 0 Å². The molecule has 6 nitrogen and oxygen atoms in total. The second kappa shape index (κ2) is 9.41. The molecular weight excluding hydrogens is 364 g/mol. The van der Waals surface area contributed by atoms with Gasteiger partial charge in [0.2, 0.25) is 5.91 Å². The Morgan fingerprint density at radius 1 is 1.00 bits per heavy atom. The standard InChI is InChI=1S/C20H26N2O4S/c1-12(2)18(20(24)21-13(3)17-7-6-8-27-17)22-19(23)14-9-15(25-4)11-16(10-14)26-5/h6-13,18H,1-5H3,(H,21,24)(H,22,23). The zero-order chi connectivity index (χ0) is 20.0. The van der Waals surface area contributed by atoms with E-state index in [1.54, 1.807) is 29.5 Å². The predicted molar refractivity (Wildman–Crippen MR) is 107 cm³/mol. The van der Waals surface area contributed by atoms with Crippen LogP contribution in [0.15, 0.2) is 35.7 Å². The molecule has 0 aliphatic rings. The van der Waals surface area contributed by atoms with Gasteiger partial charge in [0, 0.05) is 16.5 Å². The lowest BCUT2D eigenvalue weighted by molar-refractivity contribution is -0.124. The molecule has 0 bridgehead atoms. The first-order valence-electron chi connectivity index (χ1n) is 8.73. The number of thiophene rings is 1. The van der Waals surface area contributed by atoms with Crippen molar-refractivity contribution in [3.8, 4) is 11.5 Å². The van der Waals surface area contributed by atoms with Crippen LogP contribution in [0.3, 0.4) is 0 Å². The summed E-state index contributed by atoms with van der Waals surface area (Å²) in [6, 6.07) is 8.06. The summed E-state index contributed by atoms with van der Waals surface area (Å²) in [6.45, 7) is 5.72. The Hall–Kier alpha value is -2.54. The number of ether oxygens (including phenoxy) is 2. The van der Waals surface area contributed by atoms with Crippen molar-refractivity contribution in [2.75, 3.05) is 14.2 Å². The van der Waals surface area contributed by atoms with Crippen molar-refractivity contribution < 1.29 is 19.1 Å². The maximum Gasteiger partial charge on any atom is 0.252 e. The molecule has 0 fully saturated rings. The van der Waals surface area contributed by atoms with E-state index in [4.69, 9.17) is 9.47 Å². The minimum Gasteiger partial charge on any atom is -0.497 e. The normalized spacial score (nSPS) is 13.0. The van der Waals surface area contributed by atoms with E-state index in [1.807, 2.05) is 38.3 Å². The Kier molecular flexibility index (Phi) is 7.24. The fourth-order valence-electron chi connectivity index (χ4n) is 2.61. The molecule has 1 aromatic heterocycles. The molecule has 1 heterocycles. The highest BCUT2D eigenvalue weighted by Gasteiger charge is 2.26. The van der Waals surface area contributed by atoms with Gasteiger partial charge in [-0.2, -0.15) is 0 Å². The SMILES string of the molecule is COc1cc(OC)cc(C(=O)NC(C(=O)NC(C)c2cccs2)C(C)C)c1. The van der Waals surface area contributed by atoms with Crippen molar-refractivity contribution in [3.63, 3.8) is 0 Å². The number of rotatable bonds is 8. The van der Waals surface area contributed by atoms with E-state index in [2.05, 4.69) is 10.6 Å². The zero-order valence-corrected chi connectivity index (χ0v) is 17.1. The molecule has 0 aliphatic heterocycles. The van der Waals surface area contributed by atoms with Crippen LogP contribution in [-0.4, -0.2) is 32.1 Å². The predicted octanol–water partition coefficient (Wildman–Crippen LogP) is 3.40. The molecule has 0 aliphatic carbocycles. The average molecular weight is 391 g/mol. The molecule has 2 N–H and O–H groups in total. The first kappa shape index (κ1) is 20.8. The second-order valence-electron chi connectivity index (χ2n) is 6.54. The minimum absolute atomic E-state index is 0.0722. The topological polar surface area (TPSA) is 76.7 Å². The van der Waals surface area contributed by atoms with Crippen molar-refractivity contribution in [2.24, 2.45) is 5.92 Å². The fraction of sp³-hybridized carbons (Fsp3) is 0.400. The molecule has 1 aromatic carbocycles. The Morgan fingerprint density at radius 2 is 1.63 bits per heavy atom. The third-order valence-electron chi connectivity index (χ3n) is 4.18. The van der Waals surface area contributed by atoms with E-state index in [0.717, 1.165) is 4.88 Å². The molecule has 27 heavy (non-hydrogen) atoms. The minimum atomic E-state index is -0.655. The van der Waals surface area contributed by atoms with E-state index in [-0.39, 0.29) is 23.8 Å². The number of benzene rings is 1. The van der Waals surface area contributed by atoms with Gasteiger partial charge in [-0.15, -0.1) is 11.3 Å². The van der Waals surface area contributed by atoms with Crippen LogP contribution in [-0.2, 0) is 4.79 Å². The van der Waals surface area contributed by atoms with Crippen LogP contribution in [0, 0.1) is 5.92 Å². The highest BCUT2D eigenvalue weighted by molar-refractivity contribution is 7.10. The van der Waals surface area contributed by atoms with Gasteiger partial charge in [-0.1, -0.05) is 19.9 Å². The third-order valence-corrected chi connectivity index (χ3v) is 5.23. The van der Waals surface area contributed by atoms with E-state index < -0.39 is 6.04 Å². The van der Waals surface area contributed by atoms with Crippen molar-refractivity contribution in [3.05, 3.63) is 46.2 Å². The number of methoxy groups -OCH3 is 2. The summed E-state index contributed by atoms with van der Waals surface area (Å²) in [6.07, 6.45) is 0. The van der Waals surface area contributed by atoms with Crippen molar-refractivity contribution in [2.45, 2.75) is 32.9 Å². The second-order valence-corrected chi connectivity index (χ2v) is 7.52. The van der Waals surface area contributed by atoms with Gasteiger partial charge in [0.25, 0.3) is 5.91 Å².